The molecule has 0 aliphatic carbocycles. The van der Waals surface area contributed by atoms with Crippen LogP contribution >= 0.6 is 11.6 Å². The summed E-state index contributed by atoms with van der Waals surface area (Å²) in [7, 11) is 0. The molecular weight excluding hydrogens is 398 g/mol. The van der Waals surface area contributed by atoms with Gasteiger partial charge in [0.15, 0.2) is 0 Å². The molecule has 0 fully saturated rings. The maximum absolute atomic E-state index is 9.25. The molecule has 1 unspecified atom stereocenters. The highest BCUT2D eigenvalue weighted by Crippen LogP contribution is 2.30. The molecule has 9 heteroatoms. The van der Waals surface area contributed by atoms with Gasteiger partial charge in [0.25, 0.3) is 0 Å². The Morgan fingerprint density at radius 1 is 1.24 bits per heavy atom. The van der Waals surface area contributed by atoms with Crippen LogP contribution in [-0.2, 0) is 9.59 Å². The zero-order valence-corrected chi connectivity index (χ0v) is 16.6. The second-order valence-electron chi connectivity index (χ2n) is 5.75. The summed E-state index contributed by atoms with van der Waals surface area (Å²) in [6.45, 7) is 3.97. The van der Waals surface area contributed by atoms with E-state index in [0.717, 1.165) is 31.5 Å². The number of pyridine rings is 1. The lowest BCUT2D eigenvalue weighted by Crippen LogP contribution is -2.16. The van der Waals surface area contributed by atoms with Crippen LogP contribution in [0.5, 0.6) is 5.75 Å². The number of ether oxygens (including phenoxy) is 1. The minimum Gasteiger partial charge on any atom is -0.484 e. The van der Waals surface area contributed by atoms with Crippen molar-refractivity contribution in [3.05, 3.63) is 58.9 Å². The highest BCUT2D eigenvalue weighted by atomic mass is 35.5. The van der Waals surface area contributed by atoms with Crippen molar-refractivity contribution in [3.8, 4) is 11.8 Å². The molecule has 0 radical (unpaired) electrons. The van der Waals surface area contributed by atoms with Crippen LogP contribution in [-0.4, -0.2) is 40.2 Å². The van der Waals surface area contributed by atoms with Crippen molar-refractivity contribution in [1.82, 2.24) is 10.3 Å². The number of aromatic nitrogens is 1. The van der Waals surface area contributed by atoms with Crippen molar-refractivity contribution in [1.29, 1.82) is 5.26 Å². The van der Waals surface area contributed by atoms with Crippen LogP contribution in [0.1, 0.15) is 37.0 Å². The third kappa shape index (κ3) is 9.06. The summed E-state index contributed by atoms with van der Waals surface area (Å²) in [5.41, 5.74) is 1.53. The summed E-state index contributed by atoms with van der Waals surface area (Å²) in [6.07, 6.45) is 5.18. The number of rotatable bonds is 8. The molecule has 1 aromatic carbocycles. The van der Waals surface area contributed by atoms with E-state index in [4.69, 9.17) is 36.1 Å². The van der Waals surface area contributed by atoms with Crippen molar-refractivity contribution in [2.45, 2.75) is 25.9 Å². The van der Waals surface area contributed by atoms with Crippen molar-refractivity contribution in [3.63, 3.8) is 0 Å². The van der Waals surface area contributed by atoms with Gasteiger partial charge >= 0.3 is 11.9 Å². The lowest BCUT2D eigenvalue weighted by molar-refractivity contribution is -0.159. The number of carbonyl (C=O) groups is 2. The molecule has 1 heterocycles. The van der Waals surface area contributed by atoms with E-state index in [2.05, 4.69) is 23.3 Å². The molecule has 8 nitrogen and oxygen atoms in total. The van der Waals surface area contributed by atoms with Gasteiger partial charge in [-0.25, -0.2) is 9.59 Å². The van der Waals surface area contributed by atoms with Crippen LogP contribution in [0.15, 0.2) is 42.7 Å². The third-order valence-corrected chi connectivity index (χ3v) is 3.90. The van der Waals surface area contributed by atoms with Crippen LogP contribution in [0.4, 0.5) is 0 Å². The topological polar surface area (TPSA) is 133 Å². The molecule has 2 rings (SSSR count). The van der Waals surface area contributed by atoms with Gasteiger partial charge in [0.1, 0.15) is 17.9 Å². The highest BCUT2D eigenvalue weighted by Gasteiger charge is 2.15. The Morgan fingerprint density at radius 3 is 2.45 bits per heavy atom. The zero-order chi connectivity index (χ0) is 21.6. The van der Waals surface area contributed by atoms with Gasteiger partial charge < -0.3 is 20.3 Å². The number of nitrogens with one attached hydrogen (secondary N) is 1. The van der Waals surface area contributed by atoms with E-state index in [1.165, 1.54) is 0 Å². The Balaban J connectivity index is 0.000000612. The molecule has 1 aromatic heterocycles. The molecule has 0 amide bonds. The molecule has 0 aliphatic heterocycles. The highest BCUT2D eigenvalue weighted by molar-refractivity contribution is 6.30. The molecule has 0 saturated heterocycles. The summed E-state index contributed by atoms with van der Waals surface area (Å²) in [5, 5.41) is 27.9. The van der Waals surface area contributed by atoms with Crippen LogP contribution < -0.4 is 10.1 Å². The van der Waals surface area contributed by atoms with Crippen molar-refractivity contribution in [2.24, 2.45) is 0 Å². The maximum atomic E-state index is 9.25. The normalized spacial score (nSPS) is 10.8. The number of nitrogens with zero attached hydrogens (tertiary/aromatic N) is 2. The lowest BCUT2D eigenvalue weighted by Gasteiger charge is -2.20. The number of carboxylic acid groups (broad SMARTS) is 2. The number of nitriles is 1. The molecule has 0 aliphatic rings. The predicted molar refractivity (Wildman–Crippen MR) is 107 cm³/mol. The molecule has 0 bridgehead atoms. The molecular formula is C20H22ClN3O5. The van der Waals surface area contributed by atoms with Crippen LogP contribution in [0.3, 0.4) is 0 Å². The van der Waals surface area contributed by atoms with Gasteiger partial charge in [0, 0.05) is 23.5 Å². The number of aliphatic carboxylic acids is 2. The first-order chi connectivity index (χ1) is 13.9. The monoisotopic (exact) mass is 419 g/mol. The standard InChI is InChI=1S/C18H20ClN3O.C2H2O4/c1-2-21-9-3-4-17(14-7-10-22-11-8-14)23-18-12-16(19)6-5-15(18)13-20;3-1(4)2(5)6/h5-8,10-12,17,21H,2-4,9H2,1H3;(H,3,4)(H,5,6). The van der Waals surface area contributed by atoms with Crippen molar-refractivity contribution < 1.29 is 24.5 Å². The second-order valence-corrected chi connectivity index (χ2v) is 6.18. The smallest absolute Gasteiger partial charge is 0.414 e. The van der Waals surface area contributed by atoms with E-state index in [-0.39, 0.29) is 6.10 Å². The summed E-state index contributed by atoms with van der Waals surface area (Å²) in [5.74, 6) is -3.13. The second kappa shape index (κ2) is 13.1. The molecule has 2 aromatic rings. The summed E-state index contributed by atoms with van der Waals surface area (Å²) in [4.78, 5) is 22.3. The fourth-order valence-electron chi connectivity index (χ4n) is 2.30. The number of benzene rings is 1. The Bertz CT molecular complexity index is 828. The van der Waals surface area contributed by atoms with Crippen LogP contribution in [0.25, 0.3) is 0 Å². The third-order valence-electron chi connectivity index (χ3n) is 3.66. The van der Waals surface area contributed by atoms with E-state index in [1.807, 2.05) is 12.1 Å². The lowest BCUT2D eigenvalue weighted by atomic mass is 10.1. The number of carboxylic acids is 2. The first-order valence-corrected chi connectivity index (χ1v) is 9.20. The maximum Gasteiger partial charge on any atom is 0.414 e. The van der Waals surface area contributed by atoms with E-state index in [1.54, 1.807) is 30.6 Å². The van der Waals surface area contributed by atoms with E-state index in [9.17, 15) is 5.26 Å². The molecule has 0 spiro atoms. The fourth-order valence-corrected chi connectivity index (χ4v) is 2.46. The van der Waals surface area contributed by atoms with E-state index < -0.39 is 11.9 Å². The average molecular weight is 420 g/mol. The summed E-state index contributed by atoms with van der Waals surface area (Å²) in [6, 6.07) is 11.1. The number of hydrogen-bond donors (Lipinski definition) is 3. The Labute approximate surface area is 173 Å². The fraction of sp³-hybridized carbons (Fsp3) is 0.300. The largest absolute Gasteiger partial charge is 0.484 e. The van der Waals surface area contributed by atoms with Crippen molar-refractivity contribution in [2.75, 3.05) is 13.1 Å². The van der Waals surface area contributed by atoms with Gasteiger partial charge in [0.2, 0.25) is 0 Å². The predicted octanol–water partition coefficient (Wildman–Crippen LogP) is 3.27. The average Bonchev–Trinajstić information content (AvgIpc) is 2.71. The molecule has 154 valence electrons. The van der Waals surface area contributed by atoms with Gasteiger partial charge in [-0.05, 0) is 55.8 Å². The quantitative estimate of drug-likeness (QED) is 0.438. The number of halogens is 1. The Morgan fingerprint density at radius 2 is 1.90 bits per heavy atom. The summed E-state index contributed by atoms with van der Waals surface area (Å²) >= 11 is 6.04. The minimum atomic E-state index is -1.82. The van der Waals surface area contributed by atoms with Gasteiger partial charge in [0.05, 0.1) is 5.56 Å². The summed E-state index contributed by atoms with van der Waals surface area (Å²) < 4.78 is 6.12. The van der Waals surface area contributed by atoms with E-state index >= 15 is 0 Å². The Hall–Kier alpha value is -3.15. The van der Waals surface area contributed by atoms with Gasteiger partial charge in [-0.2, -0.15) is 5.26 Å². The van der Waals surface area contributed by atoms with Gasteiger partial charge in [-0.3, -0.25) is 4.98 Å². The molecule has 29 heavy (non-hydrogen) atoms. The molecule has 3 N–H and O–H groups in total. The zero-order valence-electron chi connectivity index (χ0n) is 15.8. The van der Waals surface area contributed by atoms with Gasteiger partial charge in [-0.15, -0.1) is 0 Å². The molecule has 1 atom stereocenters. The van der Waals surface area contributed by atoms with Crippen molar-refractivity contribution >= 4 is 23.5 Å². The first-order valence-electron chi connectivity index (χ1n) is 8.82. The van der Waals surface area contributed by atoms with Crippen LogP contribution in [0.2, 0.25) is 5.02 Å². The Kier molecular flexibility index (Phi) is 10.8. The van der Waals surface area contributed by atoms with Crippen LogP contribution in [0, 0.1) is 11.3 Å². The SMILES string of the molecule is CCNCCCC(Oc1cc(Cl)ccc1C#N)c1ccncc1.O=C(O)C(=O)O. The van der Waals surface area contributed by atoms with E-state index in [0.29, 0.717) is 16.3 Å². The first kappa shape index (κ1) is 23.9. The number of hydrogen-bond acceptors (Lipinski definition) is 6. The minimum absolute atomic E-state index is 0.137. The van der Waals surface area contributed by atoms with Gasteiger partial charge in [-0.1, -0.05) is 18.5 Å². The molecule has 0 saturated carbocycles.